The Kier molecular flexibility index (Phi) is 3.72. The van der Waals surface area contributed by atoms with Gasteiger partial charge in [-0.25, -0.2) is 0 Å². The Hall–Kier alpha value is -1.44. The van der Waals surface area contributed by atoms with Crippen molar-refractivity contribution in [1.29, 1.82) is 0 Å². The van der Waals surface area contributed by atoms with Crippen LogP contribution in [0.2, 0.25) is 0 Å². The molecule has 0 aliphatic carbocycles. The van der Waals surface area contributed by atoms with Crippen molar-refractivity contribution in [3.8, 4) is 11.5 Å². The summed E-state index contributed by atoms with van der Waals surface area (Å²) in [6, 6.07) is 7.72. The lowest BCUT2D eigenvalue weighted by Crippen LogP contribution is -2.20. The van der Waals surface area contributed by atoms with Gasteiger partial charge in [-0.2, -0.15) is 0 Å². The van der Waals surface area contributed by atoms with Crippen LogP contribution in [0.1, 0.15) is 5.89 Å². The van der Waals surface area contributed by atoms with Crippen molar-refractivity contribution in [1.82, 2.24) is 15.5 Å². The lowest BCUT2D eigenvalue weighted by atomic mass is 10.2. The molecule has 0 atom stereocenters. The predicted molar refractivity (Wildman–Crippen MR) is 70.2 cm³/mol. The van der Waals surface area contributed by atoms with Crippen molar-refractivity contribution in [3.05, 3.63) is 33.7 Å². The highest BCUT2D eigenvalue weighted by Gasteiger charge is 2.11. The average molecular weight is 343 g/mol. The Labute approximate surface area is 112 Å². The molecule has 1 aromatic carbocycles. The van der Waals surface area contributed by atoms with Gasteiger partial charge in [0.25, 0.3) is 0 Å². The van der Waals surface area contributed by atoms with Gasteiger partial charge >= 0.3 is 0 Å². The molecule has 0 saturated heterocycles. The minimum absolute atomic E-state index is 0.105. The zero-order valence-electron chi connectivity index (χ0n) is 9.11. The van der Waals surface area contributed by atoms with Crippen LogP contribution in [0.15, 0.2) is 28.7 Å². The first-order valence-corrected chi connectivity index (χ1v) is 6.06. The zero-order chi connectivity index (χ0) is 12.3. The molecule has 2 rings (SSSR count). The van der Waals surface area contributed by atoms with E-state index >= 15 is 0 Å². The molecule has 0 fully saturated rings. The summed E-state index contributed by atoms with van der Waals surface area (Å²) in [4.78, 5) is 11.1. The molecule has 0 aliphatic rings. The molecule has 1 amide bonds. The molecule has 2 aromatic rings. The van der Waals surface area contributed by atoms with Crippen LogP contribution in [0.3, 0.4) is 0 Å². The van der Waals surface area contributed by atoms with E-state index in [0.29, 0.717) is 11.8 Å². The second-order valence-electron chi connectivity index (χ2n) is 3.36. The number of halogens is 1. The van der Waals surface area contributed by atoms with Gasteiger partial charge in [-0.3, -0.25) is 4.79 Å². The van der Waals surface area contributed by atoms with E-state index in [9.17, 15) is 4.79 Å². The summed E-state index contributed by atoms with van der Waals surface area (Å²) in [6.07, 6.45) is 0.105. The molecule has 1 aromatic heterocycles. The summed E-state index contributed by atoms with van der Waals surface area (Å²) in [6.45, 7) is 0. The van der Waals surface area contributed by atoms with Gasteiger partial charge in [0.15, 0.2) is 0 Å². The lowest BCUT2D eigenvalue weighted by molar-refractivity contribution is -0.120. The highest BCUT2D eigenvalue weighted by Crippen LogP contribution is 2.19. The van der Waals surface area contributed by atoms with Crippen molar-refractivity contribution in [2.24, 2.45) is 0 Å². The van der Waals surface area contributed by atoms with Crippen molar-refractivity contribution >= 4 is 28.5 Å². The number of carbonyl (C=O) groups excluding carboxylic acids is 1. The zero-order valence-corrected chi connectivity index (χ0v) is 11.3. The SMILES string of the molecule is CNC(=O)Cc1nnc(-c2ccc(I)cc2)o1. The van der Waals surface area contributed by atoms with E-state index in [-0.39, 0.29) is 12.3 Å². The number of hydrogen-bond donors (Lipinski definition) is 1. The molecule has 1 heterocycles. The quantitative estimate of drug-likeness (QED) is 0.861. The largest absolute Gasteiger partial charge is 0.420 e. The van der Waals surface area contributed by atoms with Gasteiger partial charge in [0.1, 0.15) is 6.42 Å². The predicted octanol–water partition coefficient (Wildman–Crippen LogP) is 1.63. The van der Waals surface area contributed by atoms with Crippen LogP contribution in [0.4, 0.5) is 0 Å². The van der Waals surface area contributed by atoms with E-state index in [4.69, 9.17) is 4.42 Å². The van der Waals surface area contributed by atoms with Crippen molar-refractivity contribution in [2.45, 2.75) is 6.42 Å². The van der Waals surface area contributed by atoms with Gasteiger partial charge in [0.05, 0.1) is 0 Å². The fraction of sp³-hybridized carbons (Fsp3) is 0.182. The smallest absolute Gasteiger partial charge is 0.247 e. The van der Waals surface area contributed by atoms with Crippen LogP contribution in [0.25, 0.3) is 11.5 Å². The number of rotatable bonds is 3. The van der Waals surface area contributed by atoms with Crippen molar-refractivity contribution in [3.63, 3.8) is 0 Å². The van der Waals surface area contributed by atoms with Crippen molar-refractivity contribution in [2.75, 3.05) is 7.05 Å². The summed E-state index contributed by atoms with van der Waals surface area (Å²) in [5.41, 5.74) is 0.848. The molecular formula is C11H10IN3O2. The van der Waals surface area contributed by atoms with Crippen LogP contribution in [0.5, 0.6) is 0 Å². The van der Waals surface area contributed by atoms with Crippen molar-refractivity contribution < 1.29 is 9.21 Å². The number of likely N-dealkylation sites (N-methyl/N-ethyl adjacent to an activating group) is 1. The monoisotopic (exact) mass is 343 g/mol. The number of nitrogens with zero attached hydrogens (tertiary/aromatic N) is 2. The first-order valence-electron chi connectivity index (χ1n) is 4.98. The average Bonchev–Trinajstić information content (AvgIpc) is 2.78. The lowest BCUT2D eigenvalue weighted by Gasteiger charge is -1.95. The van der Waals surface area contributed by atoms with Gasteiger partial charge in [-0.05, 0) is 46.9 Å². The van der Waals surface area contributed by atoms with Crippen LogP contribution < -0.4 is 5.32 Å². The molecule has 1 N–H and O–H groups in total. The molecule has 5 nitrogen and oxygen atoms in total. The van der Waals surface area contributed by atoms with Crippen LogP contribution in [-0.4, -0.2) is 23.2 Å². The van der Waals surface area contributed by atoms with E-state index in [1.54, 1.807) is 7.05 Å². The van der Waals surface area contributed by atoms with Gasteiger partial charge < -0.3 is 9.73 Å². The second kappa shape index (κ2) is 5.26. The Bertz CT molecular complexity index is 522. The van der Waals surface area contributed by atoms with Crippen LogP contribution in [-0.2, 0) is 11.2 Å². The van der Waals surface area contributed by atoms with Gasteiger partial charge in [-0.1, -0.05) is 0 Å². The number of hydrogen-bond acceptors (Lipinski definition) is 4. The second-order valence-corrected chi connectivity index (χ2v) is 4.60. The summed E-state index contributed by atoms with van der Waals surface area (Å²) < 4.78 is 6.53. The van der Waals surface area contributed by atoms with Gasteiger partial charge in [0, 0.05) is 16.2 Å². The third-order valence-electron chi connectivity index (χ3n) is 2.15. The minimum atomic E-state index is -0.150. The highest BCUT2D eigenvalue weighted by molar-refractivity contribution is 14.1. The van der Waals surface area contributed by atoms with E-state index in [2.05, 4.69) is 38.1 Å². The number of aromatic nitrogens is 2. The Morgan fingerprint density at radius 1 is 1.35 bits per heavy atom. The molecule has 88 valence electrons. The Morgan fingerprint density at radius 3 is 2.71 bits per heavy atom. The number of amides is 1. The maximum absolute atomic E-state index is 11.1. The summed E-state index contributed by atoms with van der Waals surface area (Å²) in [5.74, 6) is 0.598. The summed E-state index contributed by atoms with van der Waals surface area (Å²) in [7, 11) is 1.57. The topological polar surface area (TPSA) is 68.0 Å². The van der Waals surface area contributed by atoms with E-state index in [1.165, 1.54) is 0 Å². The van der Waals surface area contributed by atoms with Gasteiger partial charge in [0.2, 0.25) is 17.7 Å². The molecular weight excluding hydrogens is 333 g/mol. The Morgan fingerprint density at radius 2 is 2.06 bits per heavy atom. The van der Waals surface area contributed by atoms with E-state index < -0.39 is 0 Å². The molecule has 0 aliphatic heterocycles. The fourth-order valence-corrected chi connectivity index (χ4v) is 1.62. The molecule has 17 heavy (non-hydrogen) atoms. The third-order valence-corrected chi connectivity index (χ3v) is 2.87. The molecule has 6 heteroatoms. The maximum Gasteiger partial charge on any atom is 0.247 e. The molecule has 0 radical (unpaired) electrons. The fourth-order valence-electron chi connectivity index (χ4n) is 1.26. The van der Waals surface area contributed by atoms with E-state index in [1.807, 2.05) is 24.3 Å². The minimum Gasteiger partial charge on any atom is -0.420 e. The molecule has 0 bridgehead atoms. The highest BCUT2D eigenvalue weighted by atomic mass is 127. The van der Waals surface area contributed by atoms with Crippen LogP contribution >= 0.6 is 22.6 Å². The summed E-state index contributed by atoms with van der Waals surface area (Å²) >= 11 is 2.22. The number of benzene rings is 1. The standard InChI is InChI=1S/C11H10IN3O2/c1-13-9(16)6-10-14-15-11(17-10)7-2-4-8(12)5-3-7/h2-5H,6H2,1H3,(H,13,16). The molecule has 0 unspecified atom stereocenters. The van der Waals surface area contributed by atoms with Gasteiger partial charge in [-0.15, -0.1) is 10.2 Å². The summed E-state index contributed by atoms with van der Waals surface area (Å²) in [5, 5.41) is 10.2. The maximum atomic E-state index is 11.1. The number of carbonyl (C=O) groups is 1. The molecule has 0 spiro atoms. The van der Waals surface area contributed by atoms with Crippen LogP contribution in [0, 0.1) is 3.57 Å². The first kappa shape index (κ1) is 12.0. The molecule has 0 saturated carbocycles. The first-order chi connectivity index (χ1) is 8.19. The Balaban J connectivity index is 2.18. The normalized spacial score (nSPS) is 10.2. The number of nitrogens with one attached hydrogen (secondary N) is 1. The third kappa shape index (κ3) is 3.02. The van der Waals surface area contributed by atoms with E-state index in [0.717, 1.165) is 9.13 Å².